The van der Waals surface area contributed by atoms with Crippen molar-refractivity contribution < 1.29 is 14.3 Å². The molecule has 0 saturated heterocycles. The molecular weight excluding hydrogens is 374 g/mol. The van der Waals surface area contributed by atoms with E-state index in [0.717, 1.165) is 31.4 Å². The summed E-state index contributed by atoms with van der Waals surface area (Å²) < 4.78 is 12.3. The lowest BCUT2D eigenvalue weighted by atomic mass is 9.85. The van der Waals surface area contributed by atoms with Crippen molar-refractivity contribution in [1.82, 2.24) is 4.57 Å². The number of fused-ring (bicyclic) bond motifs is 3. The van der Waals surface area contributed by atoms with Crippen LogP contribution in [0, 0.1) is 0 Å². The zero-order chi connectivity index (χ0) is 21.9. The molecule has 0 fully saturated rings. The van der Waals surface area contributed by atoms with Crippen molar-refractivity contribution in [3.63, 3.8) is 0 Å². The molecule has 0 amide bonds. The van der Waals surface area contributed by atoms with Crippen LogP contribution in [0.15, 0.2) is 54.6 Å². The Bertz CT molecular complexity index is 915. The Kier molecular flexibility index (Phi) is 9.62. The summed E-state index contributed by atoms with van der Waals surface area (Å²) in [6, 6.07) is 18.3. The van der Waals surface area contributed by atoms with Crippen molar-refractivity contribution in [2.75, 3.05) is 14.2 Å². The van der Waals surface area contributed by atoms with E-state index < -0.39 is 0 Å². The fraction of sp³-hybridized carbons (Fsp3) is 0.423. The molecule has 1 unspecified atom stereocenters. The molecule has 4 rings (SSSR count). The van der Waals surface area contributed by atoms with Gasteiger partial charge < -0.3 is 14.0 Å². The number of aromatic nitrogens is 1. The first-order valence-electron chi connectivity index (χ1n) is 10.9. The van der Waals surface area contributed by atoms with Crippen LogP contribution >= 0.6 is 0 Å². The molecule has 0 aliphatic heterocycles. The Labute approximate surface area is 180 Å². The first-order valence-corrected chi connectivity index (χ1v) is 10.9. The summed E-state index contributed by atoms with van der Waals surface area (Å²) in [7, 11) is 3.25. The molecule has 1 aromatic heterocycles. The minimum Gasteiger partial charge on any atom is -0.460 e. The highest BCUT2D eigenvalue weighted by atomic mass is 16.5. The molecule has 0 radical (unpaired) electrons. The molecule has 0 N–H and O–H groups in total. The molecular formula is C26H35NO3. The van der Waals surface area contributed by atoms with Crippen molar-refractivity contribution in [2.45, 2.75) is 59.1 Å². The van der Waals surface area contributed by atoms with E-state index in [1.807, 2.05) is 44.2 Å². The van der Waals surface area contributed by atoms with Crippen LogP contribution in [0.25, 0.3) is 10.9 Å². The van der Waals surface area contributed by atoms with Crippen LogP contribution < -0.4 is 0 Å². The van der Waals surface area contributed by atoms with Crippen LogP contribution in [0.5, 0.6) is 0 Å². The van der Waals surface area contributed by atoms with Crippen molar-refractivity contribution in [3.8, 4) is 0 Å². The van der Waals surface area contributed by atoms with Crippen molar-refractivity contribution in [2.24, 2.45) is 0 Å². The fourth-order valence-electron chi connectivity index (χ4n) is 4.09. The van der Waals surface area contributed by atoms with Gasteiger partial charge in [0.1, 0.15) is 6.61 Å². The van der Waals surface area contributed by atoms with Crippen LogP contribution in [0.3, 0.4) is 0 Å². The molecule has 1 atom stereocenters. The smallest absolute Gasteiger partial charge is 0.313 e. The highest BCUT2D eigenvalue weighted by Crippen LogP contribution is 2.39. The Morgan fingerprint density at radius 1 is 1.03 bits per heavy atom. The highest BCUT2D eigenvalue weighted by molar-refractivity contribution is 5.92. The van der Waals surface area contributed by atoms with Crippen LogP contribution in [0.1, 0.15) is 56.4 Å². The summed E-state index contributed by atoms with van der Waals surface area (Å²) >= 11 is 0. The standard InChI is InChI=1S/C22H23NO2.C2H6O.C2H6/c1-2-23-19-13-7-6-11-17(19)21-18(12-8-14-20(21)23)22(24)25-15-16-9-4-3-5-10-16;1-3-2;1-2/h3-7,9-11,13,18H,2,8,12,14-15H2,1H3;1-2H3;1-2H3. The van der Waals surface area contributed by atoms with Crippen LogP contribution in [-0.2, 0) is 33.8 Å². The second-order valence-corrected chi connectivity index (χ2v) is 7.07. The number of benzene rings is 2. The van der Waals surface area contributed by atoms with Gasteiger partial charge in [0.25, 0.3) is 0 Å². The SMILES string of the molecule is CC.CCn1c2c(c3ccccc31)C(C(=O)OCc1ccccc1)CCC2.COC. The second-order valence-electron chi connectivity index (χ2n) is 7.07. The predicted octanol–water partition coefficient (Wildman–Crippen LogP) is 6.11. The van der Waals surface area contributed by atoms with Gasteiger partial charge in [0.2, 0.25) is 0 Å². The lowest BCUT2D eigenvalue weighted by molar-refractivity contribution is -0.147. The zero-order valence-corrected chi connectivity index (χ0v) is 19.0. The number of para-hydroxylation sites is 1. The van der Waals surface area contributed by atoms with Gasteiger partial charge in [0.15, 0.2) is 0 Å². The molecule has 162 valence electrons. The van der Waals surface area contributed by atoms with E-state index in [9.17, 15) is 4.79 Å². The molecule has 0 bridgehead atoms. The maximum Gasteiger partial charge on any atom is 0.313 e. The van der Waals surface area contributed by atoms with E-state index in [2.05, 4.69) is 40.5 Å². The molecule has 4 nitrogen and oxygen atoms in total. The van der Waals surface area contributed by atoms with Gasteiger partial charge in [-0.2, -0.15) is 0 Å². The van der Waals surface area contributed by atoms with E-state index in [4.69, 9.17) is 4.74 Å². The predicted molar refractivity (Wildman–Crippen MR) is 124 cm³/mol. The minimum absolute atomic E-state index is 0.0937. The quantitative estimate of drug-likeness (QED) is 0.488. The monoisotopic (exact) mass is 409 g/mol. The molecule has 0 spiro atoms. The van der Waals surface area contributed by atoms with Gasteiger partial charge in [-0.15, -0.1) is 0 Å². The van der Waals surface area contributed by atoms with E-state index in [0.29, 0.717) is 6.61 Å². The number of methoxy groups -OCH3 is 1. The van der Waals surface area contributed by atoms with E-state index in [1.54, 1.807) is 14.2 Å². The summed E-state index contributed by atoms with van der Waals surface area (Å²) in [6.45, 7) is 7.45. The second kappa shape index (κ2) is 12.2. The molecule has 3 aromatic rings. The molecule has 30 heavy (non-hydrogen) atoms. The van der Waals surface area contributed by atoms with Gasteiger partial charge in [-0.25, -0.2) is 0 Å². The topological polar surface area (TPSA) is 40.5 Å². The zero-order valence-electron chi connectivity index (χ0n) is 19.0. The lowest BCUT2D eigenvalue weighted by Gasteiger charge is -2.23. The highest BCUT2D eigenvalue weighted by Gasteiger charge is 2.32. The van der Waals surface area contributed by atoms with Gasteiger partial charge in [0.05, 0.1) is 5.92 Å². The Morgan fingerprint density at radius 3 is 2.33 bits per heavy atom. The number of nitrogens with zero attached hydrogens (tertiary/aromatic N) is 1. The van der Waals surface area contributed by atoms with E-state index >= 15 is 0 Å². The summed E-state index contributed by atoms with van der Waals surface area (Å²) in [5.74, 6) is -0.242. The van der Waals surface area contributed by atoms with Crippen molar-refractivity contribution in [1.29, 1.82) is 0 Å². The molecule has 4 heteroatoms. The third-order valence-corrected chi connectivity index (χ3v) is 5.20. The Balaban J connectivity index is 0.000000590. The maximum atomic E-state index is 12.8. The average molecular weight is 410 g/mol. The molecule has 0 saturated carbocycles. The Morgan fingerprint density at radius 2 is 1.67 bits per heavy atom. The van der Waals surface area contributed by atoms with Gasteiger partial charge in [-0.1, -0.05) is 62.4 Å². The third kappa shape index (κ3) is 5.31. The third-order valence-electron chi connectivity index (χ3n) is 5.20. The molecule has 1 heterocycles. The number of hydrogen-bond acceptors (Lipinski definition) is 3. The van der Waals surface area contributed by atoms with Gasteiger partial charge >= 0.3 is 5.97 Å². The maximum absolute atomic E-state index is 12.8. The fourth-order valence-corrected chi connectivity index (χ4v) is 4.09. The normalized spacial score (nSPS) is 14.6. The van der Waals surface area contributed by atoms with Crippen LogP contribution in [0.4, 0.5) is 0 Å². The number of esters is 1. The summed E-state index contributed by atoms with van der Waals surface area (Å²) in [5, 5.41) is 1.21. The first kappa shape index (κ1) is 23.7. The van der Waals surface area contributed by atoms with Gasteiger partial charge in [-0.05, 0) is 43.4 Å². The van der Waals surface area contributed by atoms with Crippen molar-refractivity contribution in [3.05, 3.63) is 71.4 Å². The number of rotatable bonds is 4. The van der Waals surface area contributed by atoms with Crippen molar-refractivity contribution >= 4 is 16.9 Å². The molecule has 1 aliphatic carbocycles. The molecule has 1 aliphatic rings. The summed E-state index contributed by atoms with van der Waals surface area (Å²) in [4.78, 5) is 12.8. The minimum atomic E-state index is -0.148. The largest absolute Gasteiger partial charge is 0.460 e. The number of carbonyl (C=O) groups is 1. The van der Waals surface area contributed by atoms with Crippen LogP contribution in [-0.4, -0.2) is 24.8 Å². The lowest BCUT2D eigenvalue weighted by Crippen LogP contribution is -2.21. The summed E-state index contributed by atoms with van der Waals surface area (Å²) in [6.07, 6.45) is 2.95. The number of aryl methyl sites for hydroxylation is 1. The Hall–Kier alpha value is -2.59. The number of ether oxygens (including phenoxy) is 2. The first-order chi connectivity index (χ1) is 14.7. The number of carbonyl (C=O) groups excluding carboxylic acids is 1. The van der Waals surface area contributed by atoms with Gasteiger partial charge in [-0.3, -0.25) is 4.79 Å². The van der Waals surface area contributed by atoms with E-state index in [1.165, 1.54) is 22.2 Å². The number of hydrogen-bond donors (Lipinski definition) is 0. The average Bonchev–Trinajstić information content (AvgIpc) is 3.14. The summed E-state index contributed by atoms with van der Waals surface area (Å²) in [5.41, 5.74) is 4.78. The van der Waals surface area contributed by atoms with E-state index in [-0.39, 0.29) is 11.9 Å². The molecule has 2 aromatic carbocycles. The van der Waals surface area contributed by atoms with Crippen LogP contribution in [0.2, 0.25) is 0 Å². The van der Waals surface area contributed by atoms with Gasteiger partial charge in [0, 0.05) is 37.4 Å².